The average Bonchev–Trinajstić information content (AvgIpc) is 2.87. The number of nitrogens with zero attached hydrogens (tertiary/aromatic N) is 2. The Labute approximate surface area is 142 Å². The second-order valence-corrected chi connectivity index (χ2v) is 5.52. The number of benzene rings is 1. The fourth-order valence-corrected chi connectivity index (χ4v) is 2.45. The van der Waals surface area contributed by atoms with E-state index in [9.17, 15) is 9.59 Å². The molecule has 2 aromatic heterocycles. The van der Waals surface area contributed by atoms with Crippen LogP contribution in [-0.2, 0) is 7.05 Å². The van der Waals surface area contributed by atoms with E-state index in [0.29, 0.717) is 28.5 Å². The summed E-state index contributed by atoms with van der Waals surface area (Å²) in [4.78, 5) is 30.4. The Balaban J connectivity index is 1.59. The molecule has 3 aromatic rings. The third-order valence-electron chi connectivity index (χ3n) is 3.52. The SMILES string of the molecule is Cn1c(=O)[nH]c2cc(C(=O)NCCOc3ncccc3Cl)ccc21. The first-order chi connectivity index (χ1) is 11.6. The van der Waals surface area contributed by atoms with Crippen molar-refractivity contribution in [1.29, 1.82) is 0 Å². The standard InChI is InChI=1S/C16H15ClN4O3/c1-21-13-5-4-10(9-12(13)20-16(21)23)14(22)18-7-8-24-15-11(17)3-2-6-19-15/h2-6,9H,7-8H2,1H3,(H,18,22)(H,20,23). The van der Waals surface area contributed by atoms with Crippen LogP contribution in [0.5, 0.6) is 5.88 Å². The minimum atomic E-state index is -0.252. The van der Waals surface area contributed by atoms with Crippen LogP contribution >= 0.6 is 11.6 Å². The lowest BCUT2D eigenvalue weighted by molar-refractivity contribution is 0.0946. The number of carbonyl (C=O) groups is 1. The highest BCUT2D eigenvalue weighted by Crippen LogP contribution is 2.19. The van der Waals surface area contributed by atoms with Gasteiger partial charge >= 0.3 is 5.69 Å². The zero-order chi connectivity index (χ0) is 17.1. The highest BCUT2D eigenvalue weighted by molar-refractivity contribution is 6.31. The van der Waals surface area contributed by atoms with Gasteiger partial charge in [-0.2, -0.15) is 0 Å². The number of carbonyl (C=O) groups excluding carboxylic acids is 1. The monoisotopic (exact) mass is 346 g/mol. The summed E-state index contributed by atoms with van der Waals surface area (Å²) in [7, 11) is 1.67. The molecular weight excluding hydrogens is 332 g/mol. The van der Waals surface area contributed by atoms with Crippen molar-refractivity contribution in [2.24, 2.45) is 7.05 Å². The Kier molecular flexibility index (Phi) is 4.52. The smallest absolute Gasteiger partial charge is 0.326 e. The number of aryl methyl sites for hydroxylation is 1. The quantitative estimate of drug-likeness (QED) is 0.688. The van der Waals surface area contributed by atoms with Gasteiger partial charge in [0.2, 0.25) is 5.88 Å². The van der Waals surface area contributed by atoms with E-state index in [0.717, 1.165) is 5.52 Å². The van der Waals surface area contributed by atoms with Crippen LogP contribution < -0.4 is 15.7 Å². The molecule has 7 nitrogen and oxygen atoms in total. The largest absolute Gasteiger partial charge is 0.475 e. The Morgan fingerprint density at radius 2 is 2.25 bits per heavy atom. The molecule has 2 heterocycles. The molecule has 0 bridgehead atoms. The van der Waals surface area contributed by atoms with Gasteiger partial charge in [0.05, 0.1) is 17.6 Å². The predicted octanol–water partition coefficient (Wildman–Crippen LogP) is 1.72. The lowest BCUT2D eigenvalue weighted by Crippen LogP contribution is -2.28. The van der Waals surface area contributed by atoms with E-state index in [1.807, 2.05) is 0 Å². The van der Waals surface area contributed by atoms with E-state index >= 15 is 0 Å². The lowest BCUT2D eigenvalue weighted by Gasteiger charge is -2.08. The molecule has 0 unspecified atom stereocenters. The molecule has 0 fully saturated rings. The zero-order valence-corrected chi connectivity index (χ0v) is 13.6. The van der Waals surface area contributed by atoms with Gasteiger partial charge in [-0.1, -0.05) is 11.6 Å². The van der Waals surface area contributed by atoms with Crippen molar-refractivity contribution in [2.75, 3.05) is 13.2 Å². The summed E-state index contributed by atoms with van der Waals surface area (Å²) in [5, 5.41) is 3.16. The summed E-state index contributed by atoms with van der Waals surface area (Å²) < 4.78 is 6.89. The molecule has 0 saturated carbocycles. The van der Waals surface area contributed by atoms with Crippen LogP contribution in [0.15, 0.2) is 41.3 Å². The second-order valence-electron chi connectivity index (χ2n) is 5.12. The number of H-pyrrole nitrogens is 1. The fraction of sp³-hybridized carbons (Fsp3) is 0.188. The van der Waals surface area contributed by atoms with Crippen molar-refractivity contribution >= 4 is 28.5 Å². The second kappa shape index (κ2) is 6.76. The van der Waals surface area contributed by atoms with E-state index in [1.54, 1.807) is 43.6 Å². The molecule has 24 heavy (non-hydrogen) atoms. The summed E-state index contributed by atoms with van der Waals surface area (Å²) >= 11 is 5.93. The molecule has 0 aliphatic carbocycles. The minimum Gasteiger partial charge on any atom is -0.475 e. The van der Waals surface area contributed by atoms with Gasteiger partial charge < -0.3 is 15.0 Å². The van der Waals surface area contributed by atoms with Gasteiger partial charge in [0.25, 0.3) is 5.91 Å². The highest BCUT2D eigenvalue weighted by atomic mass is 35.5. The van der Waals surface area contributed by atoms with E-state index in [-0.39, 0.29) is 18.2 Å². The Bertz CT molecular complexity index is 948. The van der Waals surface area contributed by atoms with Gasteiger partial charge in [-0.15, -0.1) is 0 Å². The van der Waals surface area contributed by atoms with Gasteiger partial charge in [-0.25, -0.2) is 9.78 Å². The Morgan fingerprint density at radius 3 is 3.04 bits per heavy atom. The number of amides is 1. The molecule has 0 atom stereocenters. The third-order valence-corrected chi connectivity index (χ3v) is 3.81. The summed E-state index contributed by atoms with van der Waals surface area (Å²) in [6, 6.07) is 8.43. The van der Waals surface area contributed by atoms with Crippen LogP contribution in [0, 0.1) is 0 Å². The van der Waals surface area contributed by atoms with Crippen molar-refractivity contribution in [3.63, 3.8) is 0 Å². The number of aromatic nitrogens is 3. The molecule has 0 radical (unpaired) electrons. The number of hydrogen-bond acceptors (Lipinski definition) is 4. The maximum atomic E-state index is 12.2. The topological polar surface area (TPSA) is 89.0 Å². The van der Waals surface area contributed by atoms with Crippen LogP contribution in [0.3, 0.4) is 0 Å². The summed E-state index contributed by atoms with van der Waals surface area (Å²) in [5.41, 5.74) is 1.60. The van der Waals surface area contributed by atoms with E-state index < -0.39 is 0 Å². The highest BCUT2D eigenvalue weighted by Gasteiger charge is 2.09. The van der Waals surface area contributed by atoms with Gasteiger partial charge in [0, 0.05) is 18.8 Å². The van der Waals surface area contributed by atoms with Crippen LogP contribution in [-0.4, -0.2) is 33.6 Å². The number of halogens is 1. The third kappa shape index (κ3) is 3.26. The maximum absolute atomic E-state index is 12.2. The summed E-state index contributed by atoms with van der Waals surface area (Å²) in [5.74, 6) is 0.0778. The Hall–Kier alpha value is -2.80. The summed E-state index contributed by atoms with van der Waals surface area (Å²) in [6.07, 6.45) is 1.58. The van der Waals surface area contributed by atoms with Crippen molar-refractivity contribution in [2.45, 2.75) is 0 Å². The van der Waals surface area contributed by atoms with Crippen LogP contribution in [0.2, 0.25) is 5.02 Å². The Morgan fingerprint density at radius 1 is 1.42 bits per heavy atom. The lowest BCUT2D eigenvalue weighted by atomic mass is 10.2. The molecule has 1 amide bonds. The molecule has 8 heteroatoms. The minimum absolute atomic E-state index is 0.219. The molecule has 2 N–H and O–H groups in total. The normalized spacial score (nSPS) is 10.8. The molecule has 1 aromatic carbocycles. The van der Waals surface area contributed by atoms with Crippen molar-refractivity contribution in [3.8, 4) is 5.88 Å². The van der Waals surface area contributed by atoms with Crippen LogP contribution in [0.1, 0.15) is 10.4 Å². The fourth-order valence-electron chi connectivity index (χ4n) is 2.27. The number of hydrogen-bond donors (Lipinski definition) is 2. The maximum Gasteiger partial charge on any atom is 0.326 e. The first-order valence-corrected chi connectivity index (χ1v) is 7.64. The first-order valence-electron chi connectivity index (χ1n) is 7.26. The van der Waals surface area contributed by atoms with Gasteiger partial charge in [0.1, 0.15) is 11.6 Å². The molecule has 3 rings (SSSR count). The van der Waals surface area contributed by atoms with Crippen molar-refractivity contribution < 1.29 is 9.53 Å². The number of ether oxygens (including phenoxy) is 1. The average molecular weight is 347 g/mol. The van der Waals surface area contributed by atoms with E-state index in [4.69, 9.17) is 16.3 Å². The zero-order valence-electron chi connectivity index (χ0n) is 12.9. The number of aromatic amines is 1. The van der Waals surface area contributed by atoms with Gasteiger partial charge in [-0.3, -0.25) is 9.36 Å². The number of fused-ring (bicyclic) bond motifs is 1. The molecule has 0 saturated heterocycles. The molecule has 124 valence electrons. The first kappa shape index (κ1) is 16.1. The van der Waals surface area contributed by atoms with Gasteiger partial charge in [0.15, 0.2) is 0 Å². The summed E-state index contributed by atoms with van der Waals surface area (Å²) in [6.45, 7) is 0.544. The van der Waals surface area contributed by atoms with Crippen molar-refractivity contribution in [3.05, 3.63) is 57.6 Å². The van der Waals surface area contributed by atoms with E-state index in [1.165, 1.54) is 4.57 Å². The van der Waals surface area contributed by atoms with Crippen molar-refractivity contribution in [1.82, 2.24) is 19.9 Å². The van der Waals surface area contributed by atoms with E-state index in [2.05, 4.69) is 15.3 Å². The molecular formula is C16H15ClN4O3. The number of nitrogens with one attached hydrogen (secondary N) is 2. The number of imidazole rings is 1. The van der Waals surface area contributed by atoms with Crippen LogP contribution in [0.25, 0.3) is 11.0 Å². The number of pyridine rings is 1. The van der Waals surface area contributed by atoms with Gasteiger partial charge in [-0.05, 0) is 30.3 Å². The number of rotatable bonds is 5. The molecule has 0 spiro atoms. The predicted molar refractivity (Wildman–Crippen MR) is 90.6 cm³/mol. The molecule has 0 aliphatic heterocycles. The van der Waals surface area contributed by atoms with Crippen LogP contribution in [0.4, 0.5) is 0 Å². The molecule has 0 aliphatic rings.